The van der Waals surface area contributed by atoms with Gasteiger partial charge in [-0.25, -0.2) is 4.98 Å². The summed E-state index contributed by atoms with van der Waals surface area (Å²) >= 11 is 0. The van der Waals surface area contributed by atoms with Crippen LogP contribution in [0.2, 0.25) is 0 Å². The van der Waals surface area contributed by atoms with Crippen molar-refractivity contribution in [1.29, 1.82) is 0 Å². The van der Waals surface area contributed by atoms with Crippen molar-refractivity contribution in [3.05, 3.63) is 17.7 Å². The van der Waals surface area contributed by atoms with Crippen molar-refractivity contribution in [2.24, 2.45) is 5.73 Å². The monoisotopic (exact) mass is 195 g/mol. The summed E-state index contributed by atoms with van der Waals surface area (Å²) in [6.07, 6.45) is 3.08. The first-order valence-electron chi connectivity index (χ1n) is 5.01. The highest BCUT2D eigenvalue weighted by molar-refractivity contribution is 5.10. The Hall–Kier alpha value is -0.870. The number of nitrogens with two attached hydrogens (primary N) is 1. The first-order chi connectivity index (χ1) is 6.70. The van der Waals surface area contributed by atoms with E-state index >= 15 is 0 Å². The normalized spacial score (nSPS) is 26.2. The molecule has 0 aromatic carbocycles. The number of methoxy groups -OCH3 is 1. The number of hydrogen-bond acceptors (Lipinski definition) is 3. The SMILES string of the molecule is COCc1cn2c(n1)C(C)CC(N)C2. The van der Waals surface area contributed by atoms with Crippen molar-refractivity contribution in [3.8, 4) is 0 Å². The van der Waals surface area contributed by atoms with Crippen LogP contribution in [-0.2, 0) is 17.9 Å². The molecule has 1 aliphatic heterocycles. The number of nitrogens with zero attached hydrogens (tertiary/aromatic N) is 2. The van der Waals surface area contributed by atoms with E-state index in [0.717, 1.165) is 24.5 Å². The molecule has 0 saturated carbocycles. The second-order valence-electron chi connectivity index (χ2n) is 4.07. The highest BCUT2D eigenvalue weighted by Gasteiger charge is 2.23. The molecule has 2 rings (SSSR count). The number of rotatable bonds is 2. The minimum Gasteiger partial charge on any atom is -0.378 e. The van der Waals surface area contributed by atoms with Crippen LogP contribution in [0.3, 0.4) is 0 Å². The molecular weight excluding hydrogens is 178 g/mol. The van der Waals surface area contributed by atoms with Crippen LogP contribution in [-0.4, -0.2) is 22.7 Å². The van der Waals surface area contributed by atoms with Crippen molar-refractivity contribution < 1.29 is 4.74 Å². The molecule has 0 aliphatic carbocycles. The van der Waals surface area contributed by atoms with E-state index in [1.807, 2.05) is 6.20 Å². The van der Waals surface area contributed by atoms with E-state index in [-0.39, 0.29) is 6.04 Å². The molecule has 0 saturated heterocycles. The lowest BCUT2D eigenvalue weighted by Crippen LogP contribution is -2.33. The van der Waals surface area contributed by atoms with Gasteiger partial charge in [-0.15, -0.1) is 0 Å². The summed E-state index contributed by atoms with van der Waals surface area (Å²) in [4.78, 5) is 4.54. The summed E-state index contributed by atoms with van der Waals surface area (Å²) in [7, 11) is 1.69. The Labute approximate surface area is 84.1 Å². The Kier molecular flexibility index (Phi) is 2.56. The van der Waals surface area contributed by atoms with Crippen LogP contribution < -0.4 is 5.73 Å². The molecular formula is C10H17N3O. The maximum atomic E-state index is 5.94. The predicted octanol–water partition coefficient (Wildman–Crippen LogP) is 0.864. The van der Waals surface area contributed by atoms with Crippen molar-refractivity contribution in [2.45, 2.75) is 38.5 Å². The van der Waals surface area contributed by atoms with Gasteiger partial charge in [-0.05, 0) is 6.42 Å². The third-order valence-corrected chi connectivity index (χ3v) is 2.68. The molecule has 2 N–H and O–H groups in total. The Morgan fingerprint density at radius 3 is 3.21 bits per heavy atom. The van der Waals surface area contributed by atoms with Crippen molar-refractivity contribution in [2.75, 3.05) is 7.11 Å². The molecule has 1 aromatic rings. The van der Waals surface area contributed by atoms with Crippen LogP contribution in [0.5, 0.6) is 0 Å². The molecule has 14 heavy (non-hydrogen) atoms. The molecule has 2 heterocycles. The van der Waals surface area contributed by atoms with Crippen LogP contribution >= 0.6 is 0 Å². The number of ether oxygens (including phenoxy) is 1. The third-order valence-electron chi connectivity index (χ3n) is 2.68. The standard InChI is InChI=1S/C10H17N3O/c1-7-3-8(11)4-13-5-9(6-14-2)12-10(7)13/h5,7-8H,3-4,6,11H2,1-2H3. The highest BCUT2D eigenvalue weighted by atomic mass is 16.5. The Balaban J connectivity index is 2.26. The maximum Gasteiger partial charge on any atom is 0.112 e. The molecule has 2 atom stereocenters. The zero-order valence-electron chi connectivity index (χ0n) is 8.73. The summed E-state index contributed by atoms with van der Waals surface area (Å²) in [5.41, 5.74) is 6.95. The molecule has 0 spiro atoms. The minimum atomic E-state index is 0.266. The number of imidazole rings is 1. The quantitative estimate of drug-likeness (QED) is 0.761. The van der Waals surface area contributed by atoms with Gasteiger partial charge < -0.3 is 15.0 Å². The van der Waals surface area contributed by atoms with Gasteiger partial charge in [0.1, 0.15) is 5.82 Å². The van der Waals surface area contributed by atoms with Crippen molar-refractivity contribution in [3.63, 3.8) is 0 Å². The predicted molar refractivity (Wildman–Crippen MR) is 53.9 cm³/mol. The smallest absolute Gasteiger partial charge is 0.112 e. The number of fused-ring (bicyclic) bond motifs is 1. The Morgan fingerprint density at radius 1 is 1.71 bits per heavy atom. The first-order valence-corrected chi connectivity index (χ1v) is 5.01. The first kappa shape index (κ1) is 9.68. The highest BCUT2D eigenvalue weighted by Crippen LogP contribution is 2.25. The lowest BCUT2D eigenvalue weighted by molar-refractivity contribution is 0.181. The molecule has 1 aliphatic rings. The minimum absolute atomic E-state index is 0.266. The summed E-state index contributed by atoms with van der Waals surface area (Å²) in [6, 6.07) is 0.266. The molecule has 0 radical (unpaired) electrons. The van der Waals surface area contributed by atoms with E-state index in [0.29, 0.717) is 12.5 Å². The van der Waals surface area contributed by atoms with E-state index in [9.17, 15) is 0 Å². The summed E-state index contributed by atoms with van der Waals surface area (Å²) in [5, 5.41) is 0. The maximum absolute atomic E-state index is 5.94. The zero-order valence-corrected chi connectivity index (χ0v) is 8.73. The topological polar surface area (TPSA) is 53.1 Å². The lowest BCUT2D eigenvalue weighted by atomic mass is 9.98. The van der Waals surface area contributed by atoms with Crippen molar-refractivity contribution >= 4 is 0 Å². The van der Waals surface area contributed by atoms with Gasteiger partial charge in [0.2, 0.25) is 0 Å². The fourth-order valence-electron chi connectivity index (χ4n) is 2.13. The van der Waals surface area contributed by atoms with E-state index < -0.39 is 0 Å². The van der Waals surface area contributed by atoms with Gasteiger partial charge in [-0.1, -0.05) is 6.92 Å². The third kappa shape index (κ3) is 1.67. The fourth-order valence-corrected chi connectivity index (χ4v) is 2.13. The molecule has 78 valence electrons. The average Bonchev–Trinajstić information content (AvgIpc) is 2.48. The van der Waals surface area contributed by atoms with Crippen LogP contribution in [0.25, 0.3) is 0 Å². The lowest BCUT2D eigenvalue weighted by Gasteiger charge is -2.25. The molecule has 4 heteroatoms. The van der Waals surface area contributed by atoms with E-state index in [2.05, 4.69) is 16.5 Å². The van der Waals surface area contributed by atoms with Gasteiger partial charge in [0.05, 0.1) is 12.3 Å². The molecule has 0 bridgehead atoms. The zero-order chi connectivity index (χ0) is 10.1. The van der Waals surface area contributed by atoms with Gasteiger partial charge in [0, 0.05) is 31.8 Å². The Morgan fingerprint density at radius 2 is 2.50 bits per heavy atom. The second-order valence-corrected chi connectivity index (χ2v) is 4.07. The Bertz CT molecular complexity index is 321. The van der Waals surface area contributed by atoms with Crippen LogP contribution in [0, 0.1) is 0 Å². The van der Waals surface area contributed by atoms with Crippen LogP contribution in [0.15, 0.2) is 6.20 Å². The molecule has 4 nitrogen and oxygen atoms in total. The fraction of sp³-hybridized carbons (Fsp3) is 0.700. The molecule has 2 unspecified atom stereocenters. The number of hydrogen-bond donors (Lipinski definition) is 1. The average molecular weight is 195 g/mol. The summed E-state index contributed by atoms with van der Waals surface area (Å²) < 4.78 is 7.22. The summed E-state index contributed by atoms with van der Waals surface area (Å²) in [5.74, 6) is 1.61. The van der Waals surface area contributed by atoms with Gasteiger partial charge in [0.25, 0.3) is 0 Å². The van der Waals surface area contributed by atoms with Gasteiger partial charge in [-0.2, -0.15) is 0 Å². The number of aromatic nitrogens is 2. The molecule has 1 aromatic heterocycles. The van der Waals surface area contributed by atoms with E-state index in [4.69, 9.17) is 10.5 Å². The van der Waals surface area contributed by atoms with Gasteiger partial charge in [-0.3, -0.25) is 0 Å². The van der Waals surface area contributed by atoms with E-state index in [1.165, 1.54) is 0 Å². The van der Waals surface area contributed by atoms with E-state index in [1.54, 1.807) is 7.11 Å². The molecule has 0 amide bonds. The molecule has 0 fully saturated rings. The second kappa shape index (κ2) is 3.71. The summed E-state index contributed by atoms with van der Waals surface area (Å²) in [6.45, 7) is 3.65. The van der Waals surface area contributed by atoms with Crippen LogP contribution in [0.4, 0.5) is 0 Å². The van der Waals surface area contributed by atoms with Crippen molar-refractivity contribution in [1.82, 2.24) is 9.55 Å². The largest absolute Gasteiger partial charge is 0.378 e. The van der Waals surface area contributed by atoms with Crippen LogP contribution in [0.1, 0.15) is 30.8 Å². The van der Waals surface area contributed by atoms with Gasteiger partial charge in [0.15, 0.2) is 0 Å². The van der Waals surface area contributed by atoms with Gasteiger partial charge >= 0.3 is 0 Å².